The molecule has 5 heteroatoms. The van der Waals surface area contributed by atoms with Crippen LogP contribution in [0.2, 0.25) is 0 Å². The van der Waals surface area contributed by atoms with Crippen molar-refractivity contribution in [1.29, 1.82) is 0 Å². The van der Waals surface area contributed by atoms with Crippen molar-refractivity contribution in [3.63, 3.8) is 0 Å². The number of nitrogens with one attached hydrogen (secondary N) is 1. The normalized spacial score (nSPS) is 26.1. The Morgan fingerprint density at radius 3 is 2.65 bits per heavy atom. The van der Waals surface area contributed by atoms with Crippen molar-refractivity contribution in [2.24, 2.45) is 5.92 Å². The topological polar surface area (TPSA) is 12.0 Å². The maximum absolute atomic E-state index is 12.6. The average molecular weight is 269 g/mol. The maximum Gasteiger partial charge on any atom is 0.391 e. The van der Waals surface area contributed by atoms with Crippen molar-refractivity contribution in [2.45, 2.75) is 50.7 Å². The van der Waals surface area contributed by atoms with Crippen molar-refractivity contribution in [3.8, 4) is 0 Å². The van der Waals surface area contributed by atoms with E-state index in [1.165, 1.54) is 0 Å². The number of hydrogen-bond donors (Lipinski definition) is 1. The molecule has 0 heterocycles. The Kier molecular flexibility index (Phi) is 6.70. The molecule has 0 spiro atoms. The van der Waals surface area contributed by atoms with E-state index >= 15 is 0 Å². The van der Waals surface area contributed by atoms with Gasteiger partial charge in [0.2, 0.25) is 0 Å². The van der Waals surface area contributed by atoms with Gasteiger partial charge in [-0.05, 0) is 50.7 Å². The summed E-state index contributed by atoms with van der Waals surface area (Å²) in [6, 6.07) is 0.0738. The molecule has 0 aromatic carbocycles. The number of rotatable bonds is 6. The van der Waals surface area contributed by atoms with Gasteiger partial charge < -0.3 is 5.32 Å². The van der Waals surface area contributed by atoms with E-state index in [2.05, 4.69) is 11.6 Å². The fraction of sp³-hybridized carbons (Fsp3) is 1.00. The second kappa shape index (κ2) is 7.52. The highest BCUT2D eigenvalue weighted by Crippen LogP contribution is 2.37. The lowest BCUT2D eigenvalue weighted by atomic mass is 9.85. The SMILES string of the molecule is CSCCCCNC1CCCC(C(F)(F)F)C1. The molecular weight excluding hydrogens is 247 g/mol. The summed E-state index contributed by atoms with van der Waals surface area (Å²) in [4.78, 5) is 0. The number of thioether (sulfide) groups is 1. The van der Waals surface area contributed by atoms with E-state index in [1.807, 2.05) is 11.8 Å². The largest absolute Gasteiger partial charge is 0.391 e. The summed E-state index contributed by atoms with van der Waals surface area (Å²) in [5, 5.41) is 3.27. The zero-order chi connectivity index (χ0) is 12.7. The maximum atomic E-state index is 12.6. The van der Waals surface area contributed by atoms with E-state index in [4.69, 9.17) is 0 Å². The van der Waals surface area contributed by atoms with Crippen LogP contribution in [-0.4, -0.2) is 30.8 Å². The summed E-state index contributed by atoms with van der Waals surface area (Å²) in [7, 11) is 0. The van der Waals surface area contributed by atoms with Crippen molar-refractivity contribution in [1.82, 2.24) is 5.32 Å². The summed E-state index contributed by atoms with van der Waals surface area (Å²) >= 11 is 1.81. The fourth-order valence-electron chi connectivity index (χ4n) is 2.35. The molecule has 2 unspecified atom stereocenters. The first kappa shape index (κ1) is 15.2. The second-order valence-corrected chi connectivity index (χ2v) is 5.74. The van der Waals surface area contributed by atoms with Crippen molar-refractivity contribution < 1.29 is 13.2 Å². The minimum Gasteiger partial charge on any atom is -0.314 e. The molecule has 0 amide bonds. The van der Waals surface area contributed by atoms with Crippen molar-refractivity contribution in [3.05, 3.63) is 0 Å². The number of halogens is 3. The molecule has 1 saturated carbocycles. The Morgan fingerprint density at radius 1 is 1.24 bits per heavy atom. The molecule has 0 bridgehead atoms. The quantitative estimate of drug-likeness (QED) is 0.735. The molecule has 0 aromatic heterocycles. The van der Waals surface area contributed by atoms with Gasteiger partial charge >= 0.3 is 6.18 Å². The molecule has 1 aliphatic rings. The number of hydrogen-bond acceptors (Lipinski definition) is 2. The zero-order valence-electron chi connectivity index (χ0n) is 10.4. The van der Waals surface area contributed by atoms with Gasteiger partial charge in [0.1, 0.15) is 0 Å². The summed E-state index contributed by atoms with van der Waals surface area (Å²) in [6.45, 7) is 0.857. The first-order chi connectivity index (χ1) is 8.04. The van der Waals surface area contributed by atoms with Gasteiger partial charge in [-0.1, -0.05) is 6.42 Å². The third-order valence-corrected chi connectivity index (χ3v) is 4.04. The van der Waals surface area contributed by atoms with Gasteiger partial charge in [0.25, 0.3) is 0 Å². The first-order valence-electron chi connectivity index (χ1n) is 6.33. The Labute approximate surface area is 106 Å². The van der Waals surface area contributed by atoms with E-state index in [1.54, 1.807) is 0 Å². The van der Waals surface area contributed by atoms with Gasteiger partial charge in [0.05, 0.1) is 5.92 Å². The standard InChI is InChI=1S/C12H22F3NS/c1-17-8-3-2-7-16-11-6-4-5-10(9-11)12(13,14)15/h10-11,16H,2-9H2,1H3. The Morgan fingerprint density at radius 2 is 2.00 bits per heavy atom. The first-order valence-corrected chi connectivity index (χ1v) is 7.72. The second-order valence-electron chi connectivity index (χ2n) is 4.76. The van der Waals surface area contributed by atoms with Crippen LogP contribution in [0, 0.1) is 5.92 Å². The molecule has 102 valence electrons. The van der Waals surface area contributed by atoms with Crippen LogP contribution in [0.25, 0.3) is 0 Å². The minimum atomic E-state index is -4.00. The van der Waals surface area contributed by atoms with Gasteiger partial charge in [0, 0.05) is 6.04 Å². The van der Waals surface area contributed by atoms with E-state index in [9.17, 15) is 13.2 Å². The van der Waals surface area contributed by atoms with Gasteiger partial charge in [-0.25, -0.2) is 0 Å². The Hall–Kier alpha value is 0.100. The van der Waals surface area contributed by atoms with Crippen LogP contribution in [-0.2, 0) is 0 Å². The van der Waals surface area contributed by atoms with Gasteiger partial charge in [-0.3, -0.25) is 0 Å². The van der Waals surface area contributed by atoms with Crippen molar-refractivity contribution in [2.75, 3.05) is 18.6 Å². The molecule has 17 heavy (non-hydrogen) atoms. The molecule has 2 atom stereocenters. The minimum absolute atomic E-state index is 0.0738. The molecule has 0 radical (unpaired) electrons. The molecule has 0 aromatic rings. The molecule has 0 aliphatic heterocycles. The predicted octanol–water partition coefficient (Wildman–Crippen LogP) is 3.84. The molecule has 1 nitrogen and oxygen atoms in total. The lowest BCUT2D eigenvalue weighted by Gasteiger charge is -2.31. The molecule has 1 rings (SSSR count). The monoisotopic (exact) mass is 269 g/mol. The van der Waals surface area contributed by atoms with Crippen LogP contribution in [0.15, 0.2) is 0 Å². The van der Waals surface area contributed by atoms with Crippen LogP contribution in [0.1, 0.15) is 38.5 Å². The number of unbranched alkanes of at least 4 members (excludes halogenated alkanes) is 1. The van der Waals surface area contributed by atoms with E-state index in [0.29, 0.717) is 12.8 Å². The van der Waals surface area contributed by atoms with Crippen LogP contribution in [0.5, 0.6) is 0 Å². The van der Waals surface area contributed by atoms with Crippen LogP contribution < -0.4 is 5.32 Å². The Bertz CT molecular complexity index is 208. The average Bonchev–Trinajstić information content (AvgIpc) is 2.28. The highest BCUT2D eigenvalue weighted by Gasteiger charge is 2.41. The summed E-state index contributed by atoms with van der Waals surface area (Å²) in [5.41, 5.74) is 0. The summed E-state index contributed by atoms with van der Waals surface area (Å²) in [6.07, 6.45) is 2.46. The molecule has 1 aliphatic carbocycles. The zero-order valence-corrected chi connectivity index (χ0v) is 11.2. The van der Waals surface area contributed by atoms with E-state index in [0.717, 1.165) is 31.6 Å². The van der Waals surface area contributed by atoms with Crippen LogP contribution in [0.4, 0.5) is 13.2 Å². The molecule has 1 fully saturated rings. The highest BCUT2D eigenvalue weighted by molar-refractivity contribution is 7.98. The lowest BCUT2D eigenvalue weighted by molar-refractivity contribution is -0.183. The summed E-state index contributed by atoms with van der Waals surface area (Å²) in [5.74, 6) is 0.0530. The van der Waals surface area contributed by atoms with E-state index in [-0.39, 0.29) is 12.5 Å². The third-order valence-electron chi connectivity index (χ3n) is 3.35. The van der Waals surface area contributed by atoms with E-state index < -0.39 is 12.1 Å². The number of alkyl halides is 3. The van der Waals surface area contributed by atoms with Crippen molar-refractivity contribution >= 4 is 11.8 Å². The summed E-state index contributed by atoms with van der Waals surface area (Å²) < 4.78 is 37.7. The fourth-order valence-corrected chi connectivity index (χ4v) is 2.84. The van der Waals surface area contributed by atoms with Gasteiger partial charge in [-0.15, -0.1) is 0 Å². The smallest absolute Gasteiger partial charge is 0.314 e. The van der Waals surface area contributed by atoms with Gasteiger partial charge in [-0.2, -0.15) is 24.9 Å². The molecular formula is C12H22F3NS. The highest BCUT2D eigenvalue weighted by atomic mass is 32.2. The molecule has 1 N–H and O–H groups in total. The van der Waals surface area contributed by atoms with Crippen LogP contribution in [0.3, 0.4) is 0 Å². The molecule has 0 saturated heterocycles. The predicted molar refractivity (Wildman–Crippen MR) is 67.4 cm³/mol. The Balaban J connectivity index is 2.17. The van der Waals surface area contributed by atoms with Crippen LogP contribution >= 0.6 is 11.8 Å². The third kappa shape index (κ3) is 6.00. The lowest BCUT2D eigenvalue weighted by Crippen LogP contribution is -2.39. The van der Waals surface area contributed by atoms with Gasteiger partial charge in [0.15, 0.2) is 0 Å².